The van der Waals surface area contributed by atoms with Gasteiger partial charge < -0.3 is 4.90 Å². The first-order valence-electron chi connectivity index (χ1n) is 8.17. The molecule has 1 saturated heterocycles. The first-order valence-corrected chi connectivity index (χ1v) is 10.5. The molecule has 0 radical (unpaired) electrons. The van der Waals surface area contributed by atoms with Crippen LogP contribution in [0.2, 0.25) is 0 Å². The molecule has 7 heteroatoms. The molecule has 1 aromatic carbocycles. The van der Waals surface area contributed by atoms with E-state index in [2.05, 4.69) is 16.8 Å². The number of hydrogen-bond donors (Lipinski definition) is 0. The fourth-order valence-electron chi connectivity index (χ4n) is 2.96. The smallest absolute Gasteiger partial charge is 0.243 e. The van der Waals surface area contributed by atoms with Crippen LogP contribution in [-0.2, 0) is 10.0 Å². The third-order valence-electron chi connectivity index (χ3n) is 4.50. The summed E-state index contributed by atoms with van der Waals surface area (Å²) < 4.78 is 27.8. The number of benzene rings is 1. The number of thiazole rings is 1. The summed E-state index contributed by atoms with van der Waals surface area (Å²) in [5.74, 6) is 0. The van der Waals surface area contributed by atoms with Gasteiger partial charge in [-0.25, -0.2) is 13.4 Å². The predicted octanol–water partition coefficient (Wildman–Crippen LogP) is 2.75. The highest BCUT2D eigenvalue weighted by Crippen LogP contribution is 2.28. The zero-order chi connectivity index (χ0) is 17.3. The Morgan fingerprint density at radius 2 is 1.88 bits per heavy atom. The second-order valence-corrected chi connectivity index (χ2v) is 9.04. The van der Waals surface area contributed by atoms with Crippen molar-refractivity contribution in [3.63, 3.8) is 0 Å². The largest absolute Gasteiger partial charge is 0.301 e. The van der Waals surface area contributed by atoms with Crippen molar-refractivity contribution in [3.05, 3.63) is 34.2 Å². The van der Waals surface area contributed by atoms with Crippen LogP contribution < -0.4 is 0 Å². The quantitative estimate of drug-likeness (QED) is 0.836. The van der Waals surface area contributed by atoms with E-state index in [1.165, 1.54) is 0 Å². The number of rotatable bonds is 4. The predicted molar refractivity (Wildman–Crippen MR) is 97.9 cm³/mol. The van der Waals surface area contributed by atoms with Crippen LogP contribution in [0.4, 0.5) is 0 Å². The Labute approximate surface area is 148 Å². The van der Waals surface area contributed by atoms with Gasteiger partial charge >= 0.3 is 0 Å². The highest BCUT2D eigenvalue weighted by atomic mass is 32.2. The minimum absolute atomic E-state index is 0.399. The summed E-state index contributed by atoms with van der Waals surface area (Å²) in [5, 5.41) is 2.95. The summed E-state index contributed by atoms with van der Waals surface area (Å²) in [6, 6.07) is 5.59. The number of nitrogens with zero attached hydrogens (tertiary/aromatic N) is 3. The molecule has 0 atom stereocenters. The van der Waals surface area contributed by atoms with E-state index in [9.17, 15) is 8.42 Å². The zero-order valence-electron chi connectivity index (χ0n) is 14.3. The third-order valence-corrected chi connectivity index (χ3v) is 7.31. The van der Waals surface area contributed by atoms with Crippen LogP contribution in [0.5, 0.6) is 0 Å². The Bertz CT molecular complexity index is 822. The Kier molecular flexibility index (Phi) is 5.05. The summed E-state index contributed by atoms with van der Waals surface area (Å²) in [4.78, 5) is 7.14. The molecule has 5 nitrogen and oxygen atoms in total. The minimum Gasteiger partial charge on any atom is -0.301 e. The van der Waals surface area contributed by atoms with Crippen LogP contribution in [-0.4, -0.2) is 55.3 Å². The van der Waals surface area contributed by atoms with Gasteiger partial charge in [-0.05, 0) is 32.0 Å². The van der Waals surface area contributed by atoms with Crippen LogP contribution in [0.25, 0.3) is 11.3 Å². The zero-order valence-corrected chi connectivity index (χ0v) is 16.0. The van der Waals surface area contributed by atoms with E-state index in [-0.39, 0.29) is 0 Å². The lowest BCUT2D eigenvalue weighted by molar-refractivity contribution is 0.196. The monoisotopic (exact) mass is 365 g/mol. The molecule has 1 aromatic heterocycles. The van der Waals surface area contributed by atoms with E-state index in [0.717, 1.165) is 41.5 Å². The standard InChI is InChI=1S/C17H23N3O2S2/c1-4-19-7-9-20(10-8-19)24(21,22)17-11-15(6-5-13(17)2)16-12-23-14(3)18-16/h5-6,11-12H,4,7-10H2,1-3H3. The van der Waals surface area contributed by atoms with Crippen molar-refractivity contribution < 1.29 is 8.42 Å². The van der Waals surface area contributed by atoms with Crippen molar-refractivity contribution in [3.8, 4) is 11.3 Å². The van der Waals surface area contributed by atoms with Gasteiger partial charge in [0.15, 0.2) is 0 Å². The summed E-state index contributed by atoms with van der Waals surface area (Å²) in [7, 11) is -3.47. The second kappa shape index (κ2) is 6.92. The van der Waals surface area contributed by atoms with Crippen molar-refractivity contribution in [1.82, 2.24) is 14.2 Å². The lowest BCUT2D eigenvalue weighted by Crippen LogP contribution is -2.48. The van der Waals surface area contributed by atoms with Gasteiger partial charge in [-0.2, -0.15) is 4.31 Å². The fourth-order valence-corrected chi connectivity index (χ4v) is 5.25. The average molecular weight is 366 g/mol. The molecule has 2 aromatic rings. The summed E-state index contributed by atoms with van der Waals surface area (Å²) in [5.41, 5.74) is 2.48. The minimum atomic E-state index is -3.47. The third kappa shape index (κ3) is 3.39. The van der Waals surface area contributed by atoms with Crippen LogP contribution >= 0.6 is 11.3 Å². The van der Waals surface area contributed by atoms with Crippen molar-refractivity contribution >= 4 is 21.4 Å². The van der Waals surface area contributed by atoms with Gasteiger partial charge in [-0.15, -0.1) is 11.3 Å². The second-order valence-electron chi connectivity index (χ2n) is 6.07. The Morgan fingerprint density at radius 3 is 2.46 bits per heavy atom. The van der Waals surface area contributed by atoms with Crippen molar-refractivity contribution in [1.29, 1.82) is 0 Å². The Balaban J connectivity index is 1.93. The maximum Gasteiger partial charge on any atom is 0.243 e. The van der Waals surface area contributed by atoms with Gasteiger partial charge in [-0.3, -0.25) is 0 Å². The molecule has 0 aliphatic carbocycles. The van der Waals surface area contributed by atoms with E-state index >= 15 is 0 Å². The highest BCUT2D eigenvalue weighted by molar-refractivity contribution is 7.89. The van der Waals surface area contributed by atoms with E-state index in [0.29, 0.717) is 18.0 Å². The number of hydrogen-bond acceptors (Lipinski definition) is 5. The van der Waals surface area contributed by atoms with Gasteiger partial charge in [0.2, 0.25) is 10.0 Å². The molecule has 1 aliphatic heterocycles. The normalized spacial score (nSPS) is 17.3. The van der Waals surface area contributed by atoms with Crippen LogP contribution in [0.15, 0.2) is 28.5 Å². The molecule has 1 fully saturated rings. The van der Waals surface area contributed by atoms with E-state index in [1.807, 2.05) is 31.4 Å². The van der Waals surface area contributed by atoms with E-state index in [1.54, 1.807) is 21.7 Å². The molecule has 0 saturated carbocycles. The number of sulfonamides is 1. The molecule has 24 heavy (non-hydrogen) atoms. The fraction of sp³-hybridized carbons (Fsp3) is 0.471. The topological polar surface area (TPSA) is 53.5 Å². The molecule has 0 bridgehead atoms. The first kappa shape index (κ1) is 17.5. The Hall–Kier alpha value is -1.28. The average Bonchev–Trinajstić information content (AvgIpc) is 3.01. The van der Waals surface area contributed by atoms with Crippen LogP contribution in [0, 0.1) is 13.8 Å². The molecular formula is C17H23N3O2S2. The molecular weight excluding hydrogens is 342 g/mol. The van der Waals surface area contributed by atoms with Gasteiger partial charge in [0.1, 0.15) is 0 Å². The van der Waals surface area contributed by atoms with Gasteiger partial charge in [0.25, 0.3) is 0 Å². The maximum absolute atomic E-state index is 13.1. The van der Waals surface area contributed by atoms with Crippen LogP contribution in [0.1, 0.15) is 17.5 Å². The molecule has 0 spiro atoms. The molecule has 0 amide bonds. The lowest BCUT2D eigenvalue weighted by Gasteiger charge is -2.33. The number of likely N-dealkylation sites (N-methyl/N-ethyl adjacent to an activating group) is 1. The summed E-state index contributed by atoms with van der Waals surface area (Å²) in [6.45, 7) is 9.56. The first-order chi connectivity index (χ1) is 11.4. The van der Waals surface area contributed by atoms with Gasteiger partial charge in [-0.1, -0.05) is 19.1 Å². The van der Waals surface area contributed by atoms with Gasteiger partial charge in [0, 0.05) is 37.1 Å². The lowest BCUT2D eigenvalue weighted by atomic mass is 10.1. The molecule has 3 rings (SSSR count). The molecule has 1 aliphatic rings. The summed E-state index contributed by atoms with van der Waals surface area (Å²) >= 11 is 1.57. The molecule has 0 unspecified atom stereocenters. The molecule has 2 heterocycles. The van der Waals surface area contributed by atoms with Gasteiger partial charge in [0.05, 0.1) is 15.6 Å². The van der Waals surface area contributed by atoms with E-state index in [4.69, 9.17) is 0 Å². The van der Waals surface area contributed by atoms with Crippen LogP contribution in [0.3, 0.4) is 0 Å². The highest BCUT2D eigenvalue weighted by Gasteiger charge is 2.29. The SMILES string of the molecule is CCN1CCN(S(=O)(=O)c2cc(-c3csc(C)n3)ccc2C)CC1. The van der Waals surface area contributed by atoms with Crippen molar-refractivity contribution in [2.45, 2.75) is 25.7 Å². The summed E-state index contributed by atoms with van der Waals surface area (Å²) in [6.07, 6.45) is 0. The number of piperazine rings is 1. The van der Waals surface area contributed by atoms with Crippen molar-refractivity contribution in [2.75, 3.05) is 32.7 Å². The van der Waals surface area contributed by atoms with E-state index < -0.39 is 10.0 Å². The van der Waals surface area contributed by atoms with Crippen molar-refractivity contribution in [2.24, 2.45) is 0 Å². The maximum atomic E-state index is 13.1. The molecule has 130 valence electrons. The number of aromatic nitrogens is 1. The molecule has 0 N–H and O–H groups in total. The number of aryl methyl sites for hydroxylation is 2. The Morgan fingerprint density at radius 1 is 1.17 bits per heavy atom.